The zero-order valence-corrected chi connectivity index (χ0v) is 16.2. The number of rotatable bonds is 7. The highest BCUT2D eigenvalue weighted by Crippen LogP contribution is 2.22. The fourth-order valence-corrected chi connectivity index (χ4v) is 3.47. The summed E-state index contributed by atoms with van der Waals surface area (Å²) in [6.45, 7) is 0.856. The van der Waals surface area contributed by atoms with Gasteiger partial charge in [-0.2, -0.15) is 11.3 Å². The van der Waals surface area contributed by atoms with E-state index in [9.17, 15) is 9.59 Å². The first-order chi connectivity index (χ1) is 13.1. The van der Waals surface area contributed by atoms with Crippen molar-refractivity contribution in [2.45, 2.75) is 13.0 Å². The molecule has 0 fully saturated rings. The van der Waals surface area contributed by atoms with Crippen molar-refractivity contribution in [3.05, 3.63) is 64.4 Å². The molecule has 140 valence electrons. The molecule has 1 heterocycles. The van der Waals surface area contributed by atoms with Crippen molar-refractivity contribution >= 4 is 33.9 Å². The van der Waals surface area contributed by atoms with Crippen LogP contribution in [0.5, 0.6) is 5.75 Å². The lowest BCUT2D eigenvalue weighted by Gasteiger charge is -2.18. The van der Waals surface area contributed by atoms with Crippen LogP contribution in [0, 0.1) is 0 Å². The molecule has 0 unspecified atom stereocenters. The van der Waals surface area contributed by atoms with Crippen LogP contribution in [0.2, 0.25) is 0 Å². The van der Waals surface area contributed by atoms with Crippen molar-refractivity contribution in [3.63, 3.8) is 0 Å². The van der Waals surface area contributed by atoms with Gasteiger partial charge in [-0.05, 0) is 46.0 Å². The Bertz CT molecular complexity index is 938. The molecule has 2 aromatic carbocycles. The van der Waals surface area contributed by atoms with Gasteiger partial charge < -0.3 is 15.0 Å². The molecule has 0 aliphatic heterocycles. The Kier molecular flexibility index (Phi) is 6.08. The summed E-state index contributed by atoms with van der Waals surface area (Å²) in [6, 6.07) is 13.8. The van der Waals surface area contributed by atoms with Crippen molar-refractivity contribution in [1.29, 1.82) is 0 Å². The predicted molar refractivity (Wildman–Crippen MR) is 108 cm³/mol. The Morgan fingerprint density at radius 3 is 2.63 bits per heavy atom. The molecule has 0 radical (unpaired) electrons. The molecule has 0 saturated heterocycles. The minimum Gasteiger partial charge on any atom is -0.497 e. The van der Waals surface area contributed by atoms with E-state index < -0.39 is 0 Å². The Morgan fingerprint density at radius 2 is 1.89 bits per heavy atom. The molecular formula is C21H22N2O3S. The standard InChI is InChI=1S/C21H22N2O3S/c1-23(20(24)7-9-22-21(25)18-8-10-27-14-18)13-15-3-4-17-12-19(26-2)6-5-16(17)11-15/h3-6,8,10-12,14H,7,9,13H2,1-2H3,(H,22,25). The summed E-state index contributed by atoms with van der Waals surface area (Å²) in [5.41, 5.74) is 1.69. The summed E-state index contributed by atoms with van der Waals surface area (Å²) in [5, 5.41) is 8.63. The maximum absolute atomic E-state index is 12.3. The Labute approximate surface area is 162 Å². The lowest BCUT2D eigenvalue weighted by atomic mass is 10.1. The van der Waals surface area contributed by atoms with Gasteiger partial charge in [-0.1, -0.05) is 18.2 Å². The fourth-order valence-electron chi connectivity index (χ4n) is 2.83. The number of nitrogens with zero attached hydrogens (tertiary/aromatic N) is 1. The SMILES string of the molecule is COc1ccc2cc(CN(C)C(=O)CCNC(=O)c3ccsc3)ccc2c1. The van der Waals surface area contributed by atoms with Crippen molar-refractivity contribution in [2.24, 2.45) is 0 Å². The van der Waals surface area contributed by atoms with E-state index in [1.807, 2.05) is 35.7 Å². The van der Waals surface area contributed by atoms with Crippen LogP contribution in [0.4, 0.5) is 0 Å². The quantitative estimate of drug-likeness (QED) is 0.678. The summed E-state index contributed by atoms with van der Waals surface area (Å²) in [7, 11) is 3.43. The topological polar surface area (TPSA) is 58.6 Å². The zero-order valence-electron chi connectivity index (χ0n) is 15.4. The van der Waals surface area contributed by atoms with Crippen molar-refractivity contribution in [2.75, 3.05) is 20.7 Å². The minimum atomic E-state index is -0.142. The maximum atomic E-state index is 12.3. The minimum absolute atomic E-state index is 0.00422. The van der Waals surface area contributed by atoms with E-state index in [1.54, 1.807) is 30.5 Å². The largest absolute Gasteiger partial charge is 0.497 e. The molecular weight excluding hydrogens is 360 g/mol. The number of thiophene rings is 1. The predicted octanol–water partition coefficient (Wildman–Crippen LogP) is 3.69. The van der Waals surface area contributed by atoms with Crippen LogP contribution >= 0.6 is 11.3 Å². The molecule has 3 rings (SSSR count). The first-order valence-corrected chi connectivity index (χ1v) is 9.62. The van der Waals surface area contributed by atoms with Gasteiger partial charge in [0.1, 0.15) is 5.75 Å². The summed E-state index contributed by atoms with van der Waals surface area (Å²) >= 11 is 1.47. The fraction of sp³-hybridized carbons (Fsp3) is 0.238. The molecule has 1 N–H and O–H groups in total. The molecule has 2 amide bonds. The number of carbonyl (C=O) groups excluding carboxylic acids is 2. The highest BCUT2D eigenvalue weighted by Gasteiger charge is 2.11. The third kappa shape index (κ3) is 4.86. The molecule has 5 nitrogen and oxygen atoms in total. The van der Waals surface area contributed by atoms with Crippen LogP contribution in [-0.4, -0.2) is 37.4 Å². The van der Waals surface area contributed by atoms with Crippen LogP contribution in [0.25, 0.3) is 10.8 Å². The molecule has 0 atom stereocenters. The summed E-state index contributed by atoms with van der Waals surface area (Å²) < 4.78 is 5.24. The lowest BCUT2D eigenvalue weighted by Crippen LogP contribution is -2.31. The third-order valence-corrected chi connectivity index (χ3v) is 5.05. The second-order valence-corrected chi connectivity index (χ2v) is 7.10. The van der Waals surface area contributed by atoms with Gasteiger partial charge in [0.2, 0.25) is 5.91 Å². The van der Waals surface area contributed by atoms with Gasteiger partial charge in [0.05, 0.1) is 7.11 Å². The van der Waals surface area contributed by atoms with E-state index in [4.69, 9.17) is 4.74 Å². The molecule has 0 bridgehead atoms. The molecule has 0 aliphatic carbocycles. The maximum Gasteiger partial charge on any atom is 0.252 e. The Hall–Kier alpha value is -2.86. The van der Waals surface area contributed by atoms with Gasteiger partial charge in [0.25, 0.3) is 5.91 Å². The number of fused-ring (bicyclic) bond motifs is 1. The van der Waals surface area contributed by atoms with E-state index >= 15 is 0 Å². The van der Waals surface area contributed by atoms with Gasteiger partial charge in [-0.15, -0.1) is 0 Å². The normalized spacial score (nSPS) is 10.6. The Balaban J connectivity index is 1.53. The summed E-state index contributed by atoms with van der Waals surface area (Å²) in [6.07, 6.45) is 0.275. The van der Waals surface area contributed by atoms with E-state index in [2.05, 4.69) is 11.4 Å². The number of benzene rings is 2. The zero-order chi connectivity index (χ0) is 19.2. The first-order valence-electron chi connectivity index (χ1n) is 8.68. The van der Waals surface area contributed by atoms with Crippen LogP contribution in [0.15, 0.2) is 53.2 Å². The molecule has 0 aliphatic rings. The molecule has 1 aromatic heterocycles. The molecule has 27 heavy (non-hydrogen) atoms. The second kappa shape index (κ2) is 8.68. The average molecular weight is 382 g/mol. The van der Waals surface area contributed by atoms with Gasteiger partial charge in [0.15, 0.2) is 0 Å². The monoisotopic (exact) mass is 382 g/mol. The number of carbonyl (C=O) groups is 2. The third-order valence-electron chi connectivity index (χ3n) is 4.37. The van der Waals surface area contributed by atoms with Crippen LogP contribution in [-0.2, 0) is 11.3 Å². The number of ether oxygens (including phenoxy) is 1. The smallest absolute Gasteiger partial charge is 0.252 e. The van der Waals surface area contributed by atoms with Crippen molar-refractivity contribution in [1.82, 2.24) is 10.2 Å². The van der Waals surface area contributed by atoms with E-state index in [-0.39, 0.29) is 18.2 Å². The molecule has 0 saturated carbocycles. The number of amides is 2. The van der Waals surface area contributed by atoms with Crippen LogP contribution in [0.1, 0.15) is 22.3 Å². The van der Waals surface area contributed by atoms with Crippen LogP contribution < -0.4 is 10.1 Å². The summed E-state index contributed by atoms with van der Waals surface area (Å²) in [5.74, 6) is 0.680. The van der Waals surface area contributed by atoms with Gasteiger partial charge in [-0.25, -0.2) is 0 Å². The van der Waals surface area contributed by atoms with Gasteiger partial charge in [-0.3, -0.25) is 9.59 Å². The Morgan fingerprint density at radius 1 is 1.11 bits per heavy atom. The highest BCUT2D eigenvalue weighted by atomic mass is 32.1. The summed E-state index contributed by atoms with van der Waals surface area (Å²) in [4.78, 5) is 25.9. The molecule has 3 aromatic rings. The highest BCUT2D eigenvalue weighted by molar-refractivity contribution is 7.08. The van der Waals surface area contributed by atoms with E-state index in [1.165, 1.54) is 11.3 Å². The number of hydrogen-bond donors (Lipinski definition) is 1. The van der Waals surface area contributed by atoms with E-state index in [0.29, 0.717) is 18.7 Å². The number of methoxy groups -OCH3 is 1. The average Bonchev–Trinajstić information content (AvgIpc) is 3.22. The number of nitrogens with one attached hydrogen (secondary N) is 1. The van der Waals surface area contributed by atoms with Gasteiger partial charge in [0, 0.05) is 37.5 Å². The van der Waals surface area contributed by atoms with Crippen LogP contribution in [0.3, 0.4) is 0 Å². The van der Waals surface area contributed by atoms with Gasteiger partial charge >= 0.3 is 0 Å². The lowest BCUT2D eigenvalue weighted by molar-refractivity contribution is -0.130. The first kappa shape index (κ1) is 18.9. The van der Waals surface area contributed by atoms with E-state index in [0.717, 1.165) is 22.1 Å². The number of hydrogen-bond acceptors (Lipinski definition) is 4. The molecule has 0 spiro atoms. The molecule has 6 heteroatoms. The van der Waals surface area contributed by atoms with Crippen molar-refractivity contribution < 1.29 is 14.3 Å². The second-order valence-electron chi connectivity index (χ2n) is 6.32. The van der Waals surface area contributed by atoms with Crippen molar-refractivity contribution in [3.8, 4) is 5.75 Å².